The summed E-state index contributed by atoms with van der Waals surface area (Å²) in [6.07, 6.45) is 31.6. The molecular weight excluding hydrogens is 400 g/mol. The maximum atomic E-state index is 10.6. The molecule has 0 aromatic heterocycles. The fourth-order valence-electron chi connectivity index (χ4n) is 4.44. The van der Waals surface area contributed by atoms with Gasteiger partial charge in [0.15, 0.2) is 0 Å². The smallest absolute Gasteiger partial charge is 0.364 e. The Labute approximate surface area is 199 Å². The molecule has 0 aliphatic rings. The first kappa shape index (κ1) is 31.4. The first-order valence-electron chi connectivity index (χ1n) is 14.2. The van der Waals surface area contributed by atoms with E-state index in [4.69, 9.17) is 5.11 Å². The van der Waals surface area contributed by atoms with Crippen LogP contribution in [0.2, 0.25) is 0 Å². The minimum Gasteiger partial charge on any atom is -0.477 e. The van der Waals surface area contributed by atoms with Gasteiger partial charge in [0.2, 0.25) is 0 Å². The van der Waals surface area contributed by atoms with Crippen LogP contribution >= 0.6 is 0 Å². The van der Waals surface area contributed by atoms with E-state index in [0.717, 1.165) is 19.3 Å². The lowest BCUT2D eigenvalue weighted by Crippen LogP contribution is -2.37. The van der Waals surface area contributed by atoms with Crippen molar-refractivity contribution in [3.63, 3.8) is 0 Å². The first-order valence-corrected chi connectivity index (χ1v) is 14.2. The average molecular weight is 457 g/mol. The van der Waals surface area contributed by atoms with Crippen LogP contribution in [0.25, 0.3) is 0 Å². The van der Waals surface area contributed by atoms with Crippen LogP contribution in [0, 0.1) is 0 Å². The lowest BCUT2D eigenvalue weighted by molar-refractivity contribution is -0.205. The second kappa shape index (κ2) is 23.5. The lowest BCUT2D eigenvalue weighted by atomic mass is 10.0. The molecule has 0 aliphatic heterocycles. The van der Waals surface area contributed by atoms with E-state index in [1.54, 1.807) is 0 Å². The highest BCUT2D eigenvalue weighted by Crippen LogP contribution is 2.17. The second-order valence-corrected chi connectivity index (χ2v) is 10.0. The van der Waals surface area contributed by atoms with Crippen molar-refractivity contribution in [1.82, 2.24) is 0 Å². The Kier molecular flexibility index (Phi) is 23.1. The van der Waals surface area contributed by atoms with Crippen molar-refractivity contribution >= 4 is 5.97 Å². The summed E-state index contributed by atoms with van der Waals surface area (Å²) in [6.45, 7) is 2.28. The molecular formula is C28H56O4. The van der Waals surface area contributed by atoms with E-state index in [2.05, 4.69) is 6.92 Å². The van der Waals surface area contributed by atoms with Crippen LogP contribution in [0.5, 0.6) is 0 Å². The first-order chi connectivity index (χ1) is 15.5. The summed E-state index contributed by atoms with van der Waals surface area (Å²) in [7, 11) is 0. The van der Waals surface area contributed by atoms with Crippen molar-refractivity contribution in [2.75, 3.05) is 0 Å². The number of unbranched alkanes of at least 4 members (excludes halogenated alkanes) is 23. The Morgan fingerprint density at radius 1 is 0.469 bits per heavy atom. The summed E-state index contributed by atoms with van der Waals surface area (Å²) < 4.78 is 0. The third-order valence-electron chi connectivity index (χ3n) is 6.72. The summed E-state index contributed by atoms with van der Waals surface area (Å²) in [5, 5.41) is 27.1. The van der Waals surface area contributed by atoms with E-state index in [1.807, 2.05) is 0 Å². The van der Waals surface area contributed by atoms with Crippen molar-refractivity contribution in [1.29, 1.82) is 0 Å². The van der Waals surface area contributed by atoms with Gasteiger partial charge in [0, 0.05) is 6.42 Å². The summed E-state index contributed by atoms with van der Waals surface area (Å²) in [5.74, 6) is -4.10. The molecule has 4 heteroatoms. The Morgan fingerprint density at radius 3 is 0.906 bits per heavy atom. The standard InChI is InChI=1S/C28H56O4/c1-2-3-4-5-6-7-8-9-10-11-12-13-14-15-16-17-18-19-20-21-22-23-24-25-26-28(31,32)27(29)30/h31-32H,2-26H2,1H3,(H,29,30). The molecule has 0 bridgehead atoms. The van der Waals surface area contributed by atoms with Crippen molar-refractivity contribution in [3.8, 4) is 0 Å². The Morgan fingerprint density at radius 2 is 0.688 bits per heavy atom. The van der Waals surface area contributed by atoms with E-state index in [1.165, 1.54) is 128 Å². The Bertz CT molecular complexity index is 395. The fourth-order valence-corrected chi connectivity index (χ4v) is 4.44. The maximum Gasteiger partial charge on any atom is 0.364 e. The van der Waals surface area contributed by atoms with E-state index < -0.39 is 11.8 Å². The quantitative estimate of drug-likeness (QED) is 0.0900. The van der Waals surface area contributed by atoms with Gasteiger partial charge in [0.25, 0.3) is 5.79 Å². The van der Waals surface area contributed by atoms with Crippen LogP contribution in [0.15, 0.2) is 0 Å². The predicted octanol–water partition coefficient (Wildman–Crippen LogP) is 8.52. The van der Waals surface area contributed by atoms with E-state index in [-0.39, 0.29) is 6.42 Å². The topological polar surface area (TPSA) is 77.8 Å². The Hall–Kier alpha value is -0.610. The fraction of sp³-hybridized carbons (Fsp3) is 0.964. The monoisotopic (exact) mass is 456 g/mol. The van der Waals surface area contributed by atoms with Crippen molar-refractivity contribution in [3.05, 3.63) is 0 Å². The largest absolute Gasteiger partial charge is 0.477 e. The molecule has 0 aromatic rings. The number of aliphatic hydroxyl groups is 2. The SMILES string of the molecule is CCCCCCCCCCCCCCCCCCCCCCCCCCC(O)(O)C(=O)O. The molecule has 192 valence electrons. The molecule has 0 amide bonds. The molecule has 0 saturated heterocycles. The van der Waals surface area contributed by atoms with Crippen molar-refractivity contribution in [2.24, 2.45) is 0 Å². The van der Waals surface area contributed by atoms with Gasteiger partial charge in [-0.1, -0.05) is 155 Å². The second-order valence-electron chi connectivity index (χ2n) is 10.0. The van der Waals surface area contributed by atoms with Crippen LogP contribution in [0.4, 0.5) is 0 Å². The minimum absolute atomic E-state index is 0.0818. The maximum absolute atomic E-state index is 10.6. The molecule has 0 rings (SSSR count). The number of carbonyl (C=O) groups is 1. The van der Waals surface area contributed by atoms with Crippen LogP contribution in [-0.2, 0) is 4.79 Å². The van der Waals surface area contributed by atoms with Gasteiger partial charge in [0.1, 0.15) is 0 Å². The normalized spacial score (nSPS) is 11.8. The van der Waals surface area contributed by atoms with E-state index in [0.29, 0.717) is 6.42 Å². The molecule has 3 N–H and O–H groups in total. The van der Waals surface area contributed by atoms with Crippen LogP contribution in [0.1, 0.15) is 167 Å². The summed E-state index contributed by atoms with van der Waals surface area (Å²) in [6, 6.07) is 0. The van der Waals surface area contributed by atoms with Gasteiger partial charge in [0.05, 0.1) is 0 Å². The number of rotatable bonds is 26. The Balaban J connectivity index is 3.10. The third kappa shape index (κ3) is 22.6. The zero-order valence-electron chi connectivity index (χ0n) is 21.4. The number of carboxylic acids is 1. The highest BCUT2D eigenvalue weighted by atomic mass is 16.5. The van der Waals surface area contributed by atoms with Gasteiger partial charge >= 0.3 is 5.97 Å². The highest BCUT2D eigenvalue weighted by Gasteiger charge is 2.31. The van der Waals surface area contributed by atoms with Gasteiger partial charge in [-0.2, -0.15) is 0 Å². The highest BCUT2D eigenvalue weighted by molar-refractivity contribution is 5.74. The third-order valence-corrected chi connectivity index (χ3v) is 6.72. The van der Waals surface area contributed by atoms with Gasteiger partial charge < -0.3 is 15.3 Å². The molecule has 0 saturated carbocycles. The summed E-state index contributed by atoms with van der Waals surface area (Å²) in [4.78, 5) is 10.6. The van der Waals surface area contributed by atoms with Crippen LogP contribution < -0.4 is 0 Å². The molecule has 0 radical (unpaired) electrons. The molecule has 0 aromatic carbocycles. The molecule has 0 unspecified atom stereocenters. The predicted molar refractivity (Wildman–Crippen MR) is 136 cm³/mol. The van der Waals surface area contributed by atoms with Crippen molar-refractivity contribution < 1.29 is 20.1 Å². The van der Waals surface area contributed by atoms with E-state index in [9.17, 15) is 15.0 Å². The van der Waals surface area contributed by atoms with Gasteiger partial charge in [-0.3, -0.25) is 0 Å². The molecule has 0 heterocycles. The van der Waals surface area contributed by atoms with E-state index >= 15 is 0 Å². The van der Waals surface area contributed by atoms with Gasteiger partial charge in [-0.15, -0.1) is 0 Å². The van der Waals surface area contributed by atoms with Crippen LogP contribution in [-0.4, -0.2) is 27.1 Å². The zero-order chi connectivity index (χ0) is 23.8. The zero-order valence-corrected chi connectivity index (χ0v) is 21.4. The summed E-state index contributed by atoms with van der Waals surface area (Å²) >= 11 is 0. The average Bonchev–Trinajstić information content (AvgIpc) is 2.76. The number of hydrogen-bond donors (Lipinski definition) is 3. The van der Waals surface area contributed by atoms with Crippen LogP contribution in [0.3, 0.4) is 0 Å². The number of aliphatic carboxylic acids is 1. The molecule has 32 heavy (non-hydrogen) atoms. The molecule has 0 atom stereocenters. The number of hydrogen-bond acceptors (Lipinski definition) is 3. The van der Waals surface area contributed by atoms with Gasteiger partial charge in [-0.05, 0) is 6.42 Å². The molecule has 0 aliphatic carbocycles. The number of carboxylic acid groups (broad SMARTS) is 1. The minimum atomic E-state index is -2.55. The van der Waals surface area contributed by atoms with Gasteiger partial charge in [-0.25, -0.2) is 4.79 Å². The lowest BCUT2D eigenvalue weighted by Gasteiger charge is -2.15. The summed E-state index contributed by atoms with van der Waals surface area (Å²) in [5.41, 5.74) is 0. The van der Waals surface area contributed by atoms with Crippen molar-refractivity contribution in [2.45, 2.75) is 173 Å². The molecule has 0 spiro atoms. The molecule has 4 nitrogen and oxygen atoms in total. The molecule has 0 fully saturated rings.